The smallest absolute Gasteiger partial charge is 0.117 e. The number of ether oxygens (including phenoxy) is 1. The number of nitrogens with zero attached hydrogens (tertiary/aromatic N) is 1. The fourth-order valence-corrected chi connectivity index (χ4v) is 0.763. The van der Waals surface area contributed by atoms with Crippen LogP contribution in [0, 0.1) is 0 Å². The molecule has 3 nitrogen and oxygen atoms in total. The lowest BCUT2D eigenvalue weighted by atomic mass is 10.3. The third-order valence-corrected chi connectivity index (χ3v) is 1.34. The van der Waals surface area contributed by atoms with E-state index < -0.39 is 0 Å². The number of hydroxylamine groups is 2. The first-order valence-corrected chi connectivity index (χ1v) is 3.09. The van der Waals surface area contributed by atoms with Crippen LogP contribution in [-0.4, -0.2) is 25.8 Å². The summed E-state index contributed by atoms with van der Waals surface area (Å²) in [5, 5.41) is 1.69. The van der Waals surface area contributed by atoms with Crippen molar-refractivity contribution < 1.29 is 9.57 Å². The Hall–Kier alpha value is -0.960. The van der Waals surface area contributed by atoms with E-state index in [0.29, 0.717) is 6.54 Å². The van der Waals surface area contributed by atoms with Gasteiger partial charge in [-0.2, -0.15) is 0 Å². The van der Waals surface area contributed by atoms with Crippen LogP contribution < -0.4 is 0 Å². The Balaban J connectivity index is 2.50. The second kappa shape index (κ2) is 3.27. The van der Waals surface area contributed by atoms with Gasteiger partial charge in [0, 0.05) is 6.20 Å². The van der Waals surface area contributed by atoms with Crippen LogP contribution in [0.25, 0.3) is 0 Å². The predicted octanol–water partition coefficient (Wildman–Crippen LogP) is 0.907. The highest BCUT2D eigenvalue weighted by atomic mass is 16.7. The number of methoxy groups -OCH3 is 1. The van der Waals surface area contributed by atoms with Crippen LogP contribution in [0.4, 0.5) is 0 Å². The average Bonchev–Trinajstić information content (AvgIpc) is 2.05. The van der Waals surface area contributed by atoms with Crippen molar-refractivity contribution in [1.29, 1.82) is 0 Å². The molecule has 0 saturated carbocycles. The van der Waals surface area contributed by atoms with Crippen LogP contribution in [0.3, 0.4) is 0 Å². The Kier molecular flexibility index (Phi) is 2.34. The number of hydrogen-bond donors (Lipinski definition) is 0. The molecule has 1 rings (SSSR count). The molecular weight excluding hydrogens is 130 g/mol. The third kappa shape index (κ3) is 1.51. The lowest BCUT2D eigenvalue weighted by Gasteiger charge is -2.20. The van der Waals surface area contributed by atoms with E-state index in [1.165, 1.54) is 0 Å². The lowest BCUT2D eigenvalue weighted by molar-refractivity contribution is -0.0883. The van der Waals surface area contributed by atoms with E-state index in [2.05, 4.69) is 0 Å². The molecule has 0 unspecified atom stereocenters. The molecule has 0 aromatic rings. The summed E-state index contributed by atoms with van der Waals surface area (Å²) in [6, 6.07) is 0. The summed E-state index contributed by atoms with van der Waals surface area (Å²) in [6.07, 6.45) is 5.64. The van der Waals surface area contributed by atoms with Crippen LogP contribution >= 0.6 is 0 Å². The van der Waals surface area contributed by atoms with Crippen LogP contribution in [-0.2, 0) is 9.57 Å². The van der Waals surface area contributed by atoms with Crippen molar-refractivity contribution in [2.45, 2.75) is 0 Å². The van der Waals surface area contributed by atoms with Gasteiger partial charge in [-0.05, 0) is 12.2 Å². The van der Waals surface area contributed by atoms with Gasteiger partial charge in [-0.25, -0.2) is 0 Å². The highest BCUT2D eigenvalue weighted by Gasteiger charge is 2.04. The lowest BCUT2D eigenvalue weighted by Crippen LogP contribution is -2.21. The summed E-state index contributed by atoms with van der Waals surface area (Å²) in [5.41, 5.74) is 0. The highest BCUT2D eigenvalue weighted by molar-refractivity contribution is 5.12. The first-order chi connectivity index (χ1) is 4.86. The first-order valence-electron chi connectivity index (χ1n) is 3.09. The molecule has 0 fully saturated rings. The summed E-state index contributed by atoms with van der Waals surface area (Å²) in [7, 11) is 3.28. The highest BCUT2D eigenvalue weighted by Crippen LogP contribution is 2.06. The molecule has 0 aromatic heterocycles. The predicted molar refractivity (Wildman–Crippen MR) is 37.9 cm³/mol. The van der Waals surface area contributed by atoms with Crippen LogP contribution in [0.15, 0.2) is 24.1 Å². The van der Waals surface area contributed by atoms with Gasteiger partial charge >= 0.3 is 0 Å². The molecule has 56 valence electrons. The molecule has 0 spiro atoms. The molecule has 10 heavy (non-hydrogen) atoms. The van der Waals surface area contributed by atoms with Crippen molar-refractivity contribution in [3.8, 4) is 0 Å². The molecule has 1 aliphatic heterocycles. The van der Waals surface area contributed by atoms with Gasteiger partial charge in [-0.15, -0.1) is 0 Å². The largest absolute Gasteiger partial charge is 0.499 e. The van der Waals surface area contributed by atoms with Gasteiger partial charge in [0.2, 0.25) is 0 Å². The van der Waals surface area contributed by atoms with Crippen molar-refractivity contribution in [1.82, 2.24) is 5.06 Å². The maximum absolute atomic E-state index is 5.01. The standard InChI is InChI=1S/C7H11NO2/c1-9-7-4-3-5-8(6-7)10-2/h3-5H,6H2,1-2H3. The molecule has 0 amide bonds. The molecule has 0 saturated heterocycles. The third-order valence-electron chi connectivity index (χ3n) is 1.34. The minimum absolute atomic E-state index is 0.684. The van der Waals surface area contributed by atoms with Crippen molar-refractivity contribution in [2.75, 3.05) is 20.8 Å². The Morgan fingerprint density at radius 3 is 2.90 bits per heavy atom. The second-order valence-electron chi connectivity index (χ2n) is 1.94. The summed E-state index contributed by atoms with van der Waals surface area (Å²) in [4.78, 5) is 4.95. The normalized spacial score (nSPS) is 17.0. The van der Waals surface area contributed by atoms with E-state index in [-0.39, 0.29) is 0 Å². The number of allylic oxidation sites excluding steroid dienone is 2. The SMILES string of the molecule is COC1=CC=CN(OC)C1. The minimum Gasteiger partial charge on any atom is -0.499 e. The summed E-state index contributed by atoms with van der Waals surface area (Å²) < 4.78 is 5.01. The summed E-state index contributed by atoms with van der Waals surface area (Å²) in [5.74, 6) is 0.907. The summed E-state index contributed by atoms with van der Waals surface area (Å²) in [6.45, 7) is 0.684. The van der Waals surface area contributed by atoms with E-state index in [4.69, 9.17) is 9.57 Å². The van der Waals surface area contributed by atoms with Crippen molar-refractivity contribution >= 4 is 0 Å². The van der Waals surface area contributed by atoms with Crippen molar-refractivity contribution in [2.24, 2.45) is 0 Å². The van der Waals surface area contributed by atoms with Crippen molar-refractivity contribution in [3.63, 3.8) is 0 Å². The van der Waals surface area contributed by atoms with E-state index in [0.717, 1.165) is 5.76 Å². The van der Waals surface area contributed by atoms with Gasteiger partial charge in [-0.3, -0.25) is 9.90 Å². The number of hydrogen-bond acceptors (Lipinski definition) is 3. The fraction of sp³-hybridized carbons (Fsp3) is 0.429. The maximum Gasteiger partial charge on any atom is 0.117 e. The molecule has 0 radical (unpaired) electrons. The molecule has 0 N–H and O–H groups in total. The zero-order valence-corrected chi connectivity index (χ0v) is 6.20. The quantitative estimate of drug-likeness (QED) is 0.570. The molecule has 0 atom stereocenters. The molecule has 1 aliphatic rings. The van der Waals surface area contributed by atoms with Crippen LogP contribution in [0.5, 0.6) is 0 Å². The molecule has 0 aliphatic carbocycles. The molecular formula is C7H11NO2. The van der Waals surface area contributed by atoms with E-state index >= 15 is 0 Å². The zero-order valence-electron chi connectivity index (χ0n) is 6.20. The Labute approximate surface area is 60.5 Å². The van der Waals surface area contributed by atoms with Gasteiger partial charge in [0.25, 0.3) is 0 Å². The van der Waals surface area contributed by atoms with Crippen LogP contribution in [0.1, 0.15) is 0 Å². The van der Waals surface area contributed by atoms with Gasteiger partial charge in [0.15, 0.2) is 0 Å². The molecule has 0 aromatic carbocycles. The molecule has 3 heteroatoms. The van der Waals surface area contributed by atoms with E-state index in [1.54, 1.807) is 19.3 Å². The summed E-state index contributed by atoms with van der Waals surface area (Å²) >= 11 is 0. The fourth-order valence-electron chi connectivity index (χ4n) is 0.763. The average molecular weight is 141 g/mol. The molecule has 1 heterocycles. The minimum atomic E-state index is 0.684. The van der Waals surface area contributed by atoms with E-state index in [9.17, 15) is 0 Å². The van der Waals surface area contributed by atoms with Crippen LogP contribution in [0.2, 0.25) is 0 Å². The Morgan fingerprint density at radius 1 is 1.50 bits per heavy atom. The van der Waals surface area contributed by atoms with E-state index in [1.807, 2.05) is 18.4 Å². The second-order valence-corrected chi connectivity index (χ2v) is 1.94. The number of rotatable bonds is 2. The van der Waals surface area contributed by atoms with Gasteiger partial charge < -0.3 is 4.74 Å². The topological polar surface area (TPSA) is 21.7 Å². The van der Waals surface area contributed by atoms with Gasteiger partial charge in [0.1, 0.15) is 12.3 Å². The van der Waals surface area contributed by atoms with Gasteiger partial charge in [-0.1, -0.05) is 0 Å². The van der Waals surface area contributed by atoms with Gasteiger partial charge in [0.05, 0.1) is 14.2 Å². The van der Waals surface area contributed by atoms with Crippen molar-refractivity contribution in [3.05, 3.63) is 24.1 Å². The first kappa shape index (κ1) is 7.15. The Bertz CT molecular complexity index is 163. The molecule has 0 bridgehead atoms. The monoisotopic (exact) mass is 141 g/mol. The Morgan fingerprint density at radius 2 is 2.30 bits per heavy atom. The maximum atomic E-state index is 5.01. The zero-order chi connectivity index (χ0) is 7.40.